The molecule has 0 amide bonds. The molecule has 0 saturated carbocycles. The zero-order valence-electron chi connectivity index (χ0n) is 13.3. The zero-order chi connectivity index (χ0) is 18.5. The Hall–Kier alpha value is -3.19. The maximum atomic E-state index is 12.9. The van der Waals surface area contributed by atoms with Gasteiger partial charge in [-0.3, -0.25) is 10.1 Å². The van der Waals surface area contributed by atoms with Crippen LogP contribution in [0.2, 0.25) is 0 Å². The van der Waals surface area contributed by atoms with Crippen LogP contribution in [0.25, 0.3) is 0 Å². The Bertz CT molecular complexity index is 943. The second-order valence-corrected chi connectivity index (χ2v) is 6.31. The van der Waals surface area contributed by atoms with E-state index in [4.69, 9.17) is 4.74 Å². The maximum absolute atomic E-state index is 12.9. The third-order valence-corrected chi connectivity index (χ3v) is 4.49. The minimum atomic E-state index is -0.568. The van der Waals surface area contributed by atoms with Crippen LogP contribution in [-0.2, 0) is 0 Å². The number of nitro groups is 1. The highest BCUT2D eigenvalue weighted by atomic mass is 32.2. The van der Waals surface area contributed by atoms with Crippen LogP contribution in [-0.4, -0.2) is 10.9 Å². The number of ether oxygens (including phenoxy) is 1. The highest BCUT2D eigenvalue weighted by molar-refractivity contribution is 7.99. The fourth-order valence-corrected chi connectivity index (χ4v) is 3.09. The van der Waals surface area contributed by atoms with E-state index in [9.17, 15) is 19.3 Å². The number of hydrogen-bond donors (Lipinski definition) is 0. The molecule has 3 aromatic carbocycles. The van der Waals surface area contributed by atoms with E-state index in [-0.39, 0.29) is 11.4 Å². The van der Waals surface area contributed by atoms with Crippen molar-refractivity contribution in [2.75, 3.05) is 0 Å². The molecule has 0 saturated heterocycles. The quantitative estimate of drug-likeness (QED) is 0.271. The maximum Gasteiger partial charge on any atom is 0.344 e. The van der Waals surface area contributed by atoms with Crippen molar-refractivity contribution in [3.8, 4) is 5.75 Å². The Morgan fingerprint density at radius 2 is 1.62 bits per heavy atom. The highest BCUT2D eigenvalue weighted by Crippen LogP contribution is 2.32. The highest BCUT2D eigenvalue weighted by Gasteiger charge is 2.15. The monoisotopic (exact) mass is 369 g/mol. The van der Waals surface area contributed by atoms with Gasteiger partial charge in [0.15, 0.2) is 0 Å². The first-order chi connectivity index (χ1) is 12.5. The Morgan fingerprint density at radius 3 is 2.27 bits per heavy atom. The molecule has 5 nitrogen and oxygen atoms in total. The molecule has 0 radical (unpaired) electrons. The molecule has 0 bridgehead atoms. The first kappa shape index (κ1) is 17.6. The van der Waals surface area contributed by atoms with Crippen molar-refractivity contribution in [2.24, 2.45) is 0 Å². The predicted molar refractivity (Wildman–Crippen MR) is 95.0 cm³/mol. The lowest BCUT2D eigenvalue weighted by Gasteiger charge is -2.09. The predicted octanol–water partition coefficient (Wildman–Crippen LogP) is 5.10. The Labute approximate surface area is 152 Å². The van der Waals surface area contributed by atoms with Gasteiger partial charge in [0, 0.05) is 21.9 Å². The van der Waals surface area contributed by atoms with E-state index < -0.39 is 16.7 Å². The van der Waals surface area contributed by atoms with Gasteiger partial charge in [0.25, 0.3) is 5.69 Å². The lowest BCUT2D eigenvalue weighted by atomic mass is 10.2. The summed E-state index contributed by atoms with van der Waals surface area (Å²) in [6.07, 6.45) is 0. The lowest BCUT2D eigenvalue weighted by molar-refractivity contribution is -0.384. The first-order valence-electron chi connectivity index (χ1n) is 7.52. The SMILES string of the molecule is O=C(Oc1ccc(F)cc1)c1ccccc1Sc1ccc([N+](=O)[O-])cc1. The molecular weight excluding hydrogens is 357 g/mol. The lowest BCUT2D eigenvalue weighted by Crippen LogP contribution is -2.09. The van der Waals surface area contributed by atoms with Crippen molar-refractivity contribution in [3.05, 3.63) is 94.3 Å². The summed E-state index contributed by atoms with van der Waals surface area (Å²) >= 11 is 1.29. The standard InChI is InChI=1S/C19H12FNO4S/c20-13-5-9-15(10-6-13)25-19(22)17-3-1-2-4-18(17)26-16-11-7-14(8-12-16)21(23)24/h1-12H. The first-order valence-corrected chi connectivity index (χ1v) is 8.33. The van der Waals surface area contributed by atoms with Crippen molar-refractivity contribution in [2.45, 2.75) is 9.79 Å². The van der Waals surface area contributed by atoms with E-state index in [0.717, 1.165) is 4.90 Å². The van der Waals surface area contributed by atoms with Crippen LogP contribution in [0, 0.1) is 15.9 Å². The summed E-state index contributed by atoms with van der Waals surface area (Å²) < 4.78 is 18.2. The van der Waals surface area contributed by atoms with Gasteiger partial charge in [0.05, 0.1) is 10.5 Å². The van der Waals surface area contributed by atoms with E-state index in [1.165, 1.54) is 48.2 Å². The Kier molecular flexibility index (Phi) is 5.28. The van der Waals surface area contributed by atoms with Crippen LogP contribution in [0.3, 0.4) is 0 Å². The molecule has 26 heavy (non-hydrogen) atoms. The number of esters is 1. The number of nitrogens with zero attached hydrogens (tertiary/aromatic N) is 1. The number of nitro benzene ring substituents is 1. The van der Waals surface area contributed by atoms with Crippen LogP contribution >= 0.6 is 11.8 Å². The van der Waals surface area contributed by atoms with Crippen LogP contribution < -0.4 is 4.74 Å². The number of halogens is 1. The largest absolute Gasteiger partial charge is 0.423 e. The van der Waals surface area contributed by atoms with E-state index >= 15 is 0 Å². The summed E-state index contributed by atoms with van der Waals surface area (Å²) in [5, 5.41) is 10.7. The topological polar surface area (TPSA) is 69.4 Å². The molecule has 0 heterocycles. The molecule has 3 rings (SSSR count). The van der Waals surface area contributed by atoms with Crippen LogP contribution in [0.5, 0.6) is 5.75 Å². The molecule has 3 aromatic rings. The van der Waals surface area contributed by atoms with Gasteiger partial charge in [-0.2, -0.15) is 0 Å². The van der Waals surface area contributed by atoms with Gasteiger partial charge >= 0.3 is 5.97 Å². The van der Waals surface area contributed by atoms with Gasteiger partial charge in [0.1, 0.15) is 11.6 Å². The van der Waals surface area contributed by atoms with E-state index in [0.29, 0.717) is 10.5 Å². The fourth-order valence-electron chi connectivity index (χ4n) is 2.15. The smallest absolute Gasteiger partial charge is 0.344 e. The second-order valence-electron chi connectivity index (χ2n) is 5.19. The molecule has 0 atom stereocenters. The Morgan fingerprint density at radius 1 is 0.962 bits per heavy atom. The van der Waals surface area contributed by atoms with Crippen molar-refractivity contribution in [1.29, 1.82) is 0 Å². The van der Waals surface area contributed by atoms with Gasteiger partial charge in [-0.1, -0.05) is 23.9 Å². The van der Waals surface area contributed by atoms with Crippen LogP contribution in [0.4, 0.5) is 10.1 Å². The van der Waals surface area contributed by atoms with Gasteiger partial charge in [-0.15, -0.1) is 0 Å². The van der Waals surface area contributed by atoms with Crippen molar-refractivity contribution >= 4 is 23.4 Å². The summed E-state index contributed by atoms with van der Waals surface area (Å²) in [5.41, 5.74) is 0.346. The minimum absolute atomic E-state index is 0.00152. The molecule has 130 valence electrons. The molecule has 0 fully saturated rings. The summed E-state index contributed by atoms with van der Waals surface area (Å²) in [7, 11) is 0. The molecule has 7 heteroatoms. The number of hydrogen-bond acceptors (Lipinski definition) is 5. The van der Waals surface area contributed by atoms with Gasteiger partial charge in [-0.05, 0) is 48.5 Å². The van der Waals surface area contributed by atoms with Gasteiger partial charge in [-0.25, -0.2) is 9.18 Å². The third kappa shape index (κ3) is 4.25. The zero-order valence-corrected chi connectivity index (χ0v) is 14.1. The van der Waals surface area contributed by atoms with E-state index in [2.05, 4.69) is 0 Å². The fraction of sp³-hybridized carbons (Fsp3) is 0. The van der Waals surface area contributed by atoms with Crippen molar-refractivity contribution < 1.29 is 18.8 Å². The number of non-ortho nitro benzene ring substituents is 1. The van der Waals surface area contributed by atoms with Gasteiger partial charge in [0.2, 0.25) is 0 Å². The van der Waals surface area contributed by atoms with Crippen molar-refractivity contribution in [3.63, 3.8) is 0 Å². The van der Waals surface area contributed by atoms with Crippen LogP contribution in [0.15, 0.2) is 82.6 Å². The number of rotatable bonds is 5. The number of carbonyl (C=O) groups excluding carboxylic acids is 1. The molecule has 0 spiro atoms. The molecule has 0 N–H and O–H groups in total. The molecular formula is C19H12FNO4S. The molecule has 0 aliphatic rings. The summed E-state index contributed by atoms with van der Waals surface area (Å²) in [6.45, 7) is 0. The molecule has 0 unspecified atom stereocenters. The molecule has 0 aliphatic heterocycles. The van der Waals surface area contributed by atoms with Gasteiger partial charge < -0.3 is 4.74 Å². The van der Waals surface area contributed by atoms with E-state index in [1.807, 2.05) is 0 Å². The number of benzene rings is 3. The normalized spacial score (nSPS) is 10.3. The average molecular weight is 369 g/mol. The molecule has 0 aliphatic carbocycles. The average Bonchev–Trinajstić information content (AvgIpc) is 2.64. The van der Waals surface area contributed by atoms with Crippen molar-refractivity contribution in [1.82, 2.24) is 0 Å². The minimum Gasteiger partial charge on any atom is -0.423 e. The summed E-state index contributed by atoms with van der Waals surface area (Å²) in [4.78, 5) is 24.1. The van der Waals surface area contributed by atoms with E-state index in [1.54, 1.807) is 36.4 Å². The van der Waals surface area contributed by atoms with Crippen LogP contribution in [0.1, 0.15) is 10.4 Å². The third-order valence-electron chi connectivity index (χ3n) is 3.41. The summed E-state index contributed by atoms with van der Waals surface area (Å²) in [5.74, 6) is -0.743. The summed E-state index contributed by atoms with van der Waals surface area (Å²) in [6, 6.07) is 18.1. The Balaban J connectivity index is 1.80. The second kappa shape index (κ2) is 7.79. The number of carbonyl (C=O) groups is 1. The molecule has 0 aromatic heterocycles.